The summed E-state index contributed by atoms with van der Waals surface area (Å²) in [6, 6.07) is 0.0282. The molecule has 114 valence electrons. The van der Waals surface area contributed by atoms with Gasteiger partial charge in [0.2, 0.25) is 11.8 Å². The van der Waals surface area contributed by atoms with E-state index in [0.29, 0.717) is 25.3 Å². The van der Waals surface area contributed by atoms with E-state index in [1.165, 1.54) is 32.1 Å². The molecule has 2 amide bonds. The highest BCUT2D eigenvalue weighted by molar-refractivity contribution is 7.98. The Bertz CT molecular complexity index is 343. The Balaban J connectivity index is 1.73. The van der Waals surface area contributed by atoms with Crippen molar-refractivity contribution in [3.05, 3.63) is 0 Å². The van der Waals surface area contributed by atoms with E-state index in [1.54, 1.807) is 11.8 Å². The molecule has 1 atom stereocenters. The summed E-state index contributed by atoms with van der Waals surface area (Å²) in [6.07, 6.45) is 9.51. The van der Waals surface area contributed by atoms with Gasteiger partial charge < -0.3 is 10.2 Å². The zero-order valence-corrected chi connectivity index (χ0v) is 13.2. The second kappa shape index (κ2) is 7.91. The molecular weight excluding hydrogens is 272 g/mol. The lowest BCUT2D eigenvalue weighted by Crippen LogP contribution is -2.38. The van der Waals surface area contributed by atoms with Crippen LogP contribution in [0, 0.1) is 5.92 Å². The van der Waals surface area contributed by atoms with Crippen molar-refractivity contribution in [2.45, 2.75) is 51.0 Å². The van der Waals surface area contributed by atoms with Crippen LogP contribution in [0.15, 0.2) is 0 Å². The molecule has 1 unspecified atom stereocenters. The summed E-state index contributed by atoms with van der Waals surface area (Å²) in [4.78, 5) is 25.7. The summed E-state index contributed by atoms with van der Waals surface area (Å²) in [5.41, 5.74) is 0. The van der Waals surface area contributed by atoms with E-state index in [1.807, 2.05) is 11.2 Å². The molecule has 2 rings (SSSR count). The van der Waals surface area contributed by atoms with Gasteiger partial charge in [0.1, 0.15) is 0 Å². The lowest BCUT2D eigenvalue weighted by atomic mass is 9.89. The molecule has 1 saturated heterocycles. The lowest BCUT2D eigenvalue weighted by Gasteiger charge is -2.27. The Hall–Kier alpha value is -0.710. The number of likely N-dealkylation sites (tertiary alicyclic amines) is 1. The summed E-state index contributed by atoms with van der Waals surface area (Å²) < 4.78 is 0. The molecule has 5 heteroatoms. The Labute approximate surface area is 126 Å². The maximum absolute atomic E-state index is 12.0. The molecule has 1 aliphatic carbocycles. The van der Waals surface area contributed by atoms with Crippen LogP contribution in [-0.4, -0.2) is 47.9 Å². The van der Waals surface area contributed by atoms with Crippen LogP contribution in [0.2, 0.25) is 0 Å². The van der Waals surface area contributed by atoms with Crippen molar-refractivity contribution >= 4 is 23.6 Å². The zero-order chi connectivity index (χ0) is 14.4. The van der Waals surface area contributed by atoms with Gasteiger partial charge in [-0.05, 0) is 25.0 Å². The molecule has 2 fully saturated rings. The van der Waals surface area contributed by atoms with E-state index in [0.717, 1.165) is 12.3 Å². The molecule has 1 heterocycles. The predicted octanol–water partition coefficient (Wildman–Crippen LogP) is 2.04. The van der Waals surface area contributed by atoms with Crippen LogP contribution in [0.4, 0.5) is 0 Å². The molecule has 1 saturated carbocycles. The predicted molar refractivity (Wildman–Crippen MR) is 82.7 cm³/mol. The van der Waals surface area contributed by atoms with Crippen LogP contribution in [0.1, 0.15) is 44.9 Å². The molecular formula is C15H26N2O2S. The first-order valence-corrected chi connectivity index (χ1v) is 9.14. The van der Waals surface area contributed by atoms with E-state index in [4.69, 9.17) is 0 Å². The monoisotopic (exact) mass is 298 g/mol. The third-order valence-electron chi connectivity index (χ3n) is 4.32. The Morgan fingerprint density at radius 1 is 1.35 bits per heavy atom. The molecule has 1 N–H and O–H groups in total. The summed E-state index contributed by atoms with van der Waals surface area (Å²) in [7, 11) is 0. The number of nitrogens with zero attached hydrogens (tertiary/aromatic N) is 1. The minimum atomic E-state index is 0.0282. The Morgan fingerprint density at radius 2 is 2.10 bits per heavy atom. The van der Waals surface area contributed by atoms with E-state index in [9.17, 15) is 9.59 Å². The van der Waals surface area contributed by atoms with Gasteiger partial charge >= 0.3 is 0 Å². The minimum Gasteiger partial charge on any atom is -0.351 e. The molecule has 2 aliphatic rings. The number of carbonyl (C=O) groups is 2. The average molecular weight is 298 g/mol. The number of amides is 2. The van der Waals surface area contributed by atoms with E-state index in [-0.39, 0.29) is 17.9 Å². The summed E-state index contributed by atoms with van der Waals surface area (Å²) in [5, 5.41) is 3.00. The Kier molecular flexibility index (Phi) is 6.20. The molecule has 0 aromatic rings. The molecule has 0 radical (unpaired) electrons. The van der Waals surface area contributed by atoms with Crippen LogP contribution in [0.3, 0.4) is 0 Å². The number of thioether (sulfide) groups is 1. The first-order valence-electron chi connectivity index (χ1n) is 7.75. The molecule has 20 heavy (non-hydrogen) atoms. The third-order valence-corrected chi connectivity index (χ3v) is 4.93. The molecule has 0 bridgehead atoms. The normalized spacial score (nSPS) is 24.1. The van der Waals surface area contributed by atoms with Crippen molar-refractivity contribution in [3.63, 3.8) is 0 Å². The maximum atomic E-state index is 12.0. The lowest BCUT2D eigenvalue weighted by molar-refractivity contribution is -0.128. The zero-order valence-electron chi connectivity index (χ0n) is 12.4. The van der Waals surface area contributed by atoms with Crippen molar-refractivity contribution in [1.82, 2.24) is 10.2 Å². The van der Waals surface area contributed by atoms with Gasteiger partial charge in [0.15, 0.2) is 0 Å². The number of nitrogens with one attached hydrogen (secondary N) is 1. The number of carbonyl (C=O) groups excluding carboxylic acids is 2. The van der Waals surface area contributed by atoms with Crippen LogP contribution in [0.5, 0.6) is 0 Å². The second-order valence-corrected chi connectivity index (χ2v) is 7.00. The van der Waals surface area contributed by atoms with Gasteiger partial charge in [-0.2, -0.15) is 11.8 Å². The number of hydrogen-bond donors (Lipinski definition) is 1. The van der Waals surface area contributed by atoms with Gasteiger partial charge in [-0.3, -0.25) is 9.59 Å². The van der Waals surface area contributed by atoms with Gasteiger partial charge in [0, 0.05) is 31.7 Å². The topological polar surface area (TPSA) is 49.4 Å². The van der Waals surface area contributed by atoms with E-state index in [2.05, 4.69) is 5.32 Å². The minimum absolute atomic E-state index is 0.0282. The van der Waals surface area contributed by atoms with Gasteiger partial charge in [-0.1, -0.05) is 19.3 Å². The standard InChI is InChI=1S/C15H26N2O2S/c1-20-8-7-14(18)16-13-9-15(19)17(11-13)10-12-5-3-2-4-6-12/h12-13H,2-11H2,1H3,(H,16,18). The van der Waals surface area contributed by atoms with Crippen LogP contribution in [0.25, 0.3) is 0 Å². The van der Waals surface area contributed by atoms with Crippen LogP contribution in [-0.2, 0) is 9.59 Å². The van der Waals surface area contributed by atoms with Crippen molar-refractivity contribution in [2.24, 2.45) is 5.92 Å². The van der Waals surface area contributed by atoms with Gasteiger partial charge in [0.05, 0.1) is 6.04 Å². The number of rotatable bonds is 6. The fourth-order valence-corrected chi connectivity index (χ4v) is 3.61. The maximum Gasteiger partial charge on any atom is 0.224 e. The van der Waals surface area contributed by atoms with Crippen LogP contribution >= 0.6 is 11.8 Å². The molecule has 0 aromatic carbocycles. The quantitative estimate of drug-likeness (QED) is 0.816. The van der Waals surface area contributed by atoms with E-state index >= 15 is 0 Å². The van der Waals surface area contributed by atoms with Crippen LogP contribution < -0.4 is 5.32 Å². The second-order valence-electron chi connectivity index (χ2n) is 6.01. The fraction of sp³-hybridized carbons (Fsp3) is 0.867. The largest absolute Gasteiger partial charge is 0.351 e. The number of hydrogen-bond acceptors (Lipinski definition) is 3. The molecule has 1 aliphatic heterocycles. The molecule has 0 spiro atoms. The highest BCUT2D eigenvalue weighted by atomic mass is 32.2. The fourth-order valence-electron chi connectivity index (χ4n) is 3.22. The smallest absolute Gasteiger partial charge is 0.224 e. The van der Waals surface area contributed by atoms with Gasteiger partial charge in [-0.15, -0.1) is 0 Å². The van der Waals surface area contributed by atoms with Crippen molar-refractivity contribution in [3.8, 4) is 0 Å². The third kappa shape index (κ3) is 4.69. The first-order chi connectivity index (χ1) is 9.69. The molecule has 4 nitrogen and oxygen atoms in total. The summed E-state index contributed by atoms with van der Waals surface area (Å²) >= 11 is 1.67. The van der Waals surface area contributed by atoms with Gasteiger partial charge in [-0.25, -0.2) is 0 Å². The Morgan fingerprint density at radius 3 is 2.80 bits per heavy atom. The summed E-state index contributed by atoms with van der Waals surface area (Å²) in [5.74, 6) is 1.82. The molecule has 0 aromatic heterocycles. The van der Waals surface area contributed by atoms with Crippen molar-refractivity contribution in [1.29, 1.82) is 0 Å². The van der Waals surface area contributed by atoms with Gasteiger partial charge in [0.25, 0.3) is 0 Å². The van der Waals surface area contributed by atoms with Crippen molar-refractivity contribution < 1.29 is 9.59 Å². The van der Waals surface area contributed by atoms with Crippen molar-refractivity contribution in [2.75, 3.05) is 25.1 Å². The summed E-state index contributed by atoms with van der Waals surface area (Å²) in [6.45, 7) is 1.61. The first kappa shape index (κ1) is 15.7. The average Bonchev–Trinajstić information content (AvgIpc) is 2.77. The highest BCUT2D eigenvalue weighted by Gasteiger charge is 2.32. The van der Waals surface area contributed by atoms with E-state index < -0.39 is 0 Å². The highest BCUT2D eigenvalue weighted by Crippen LogP contribution is 2.26. The SMILES string of the molecule is CSCCC(=O)NC1CC(=O)N(CC2CCCCC2)C1.